The van der Waals surface area contributed by atoms with Crippen molar-refractivity contribution >= 4 is 27.4 Å². The lowest BCUT2D eigenvalue weighted by atomic mass is 9.94. The first-order valence-electron chi connectivity index (χ1n) is 10.7. The van der Waals surface area contributed by atoms with Gasteiger partial charge in [0.1, 0.15) is 28.6 Å². The molecule has 0 radical (unpaired) electrons. The quantitative estimate of drug-likeness (QED) is 0.667. The summed E-state index contributed by atoms with van der Waals surface area (Å²) in [6.07, 6.45) is 11.8. The van der Waals surface area contributed by atoms with Gasteiger partial charge in [0, 0.05) is 29.9 Å². The normalized spacial score (nSPS) is 20.7. The zero-order valence-corrected chi connectivity index (χ0v) is 17.2. The fraction of sp³-hybridized carbons (Fsp3) is 0.619. The van der Waals surface area contributed by atoms with Crippen molar-refractivity contribution in [3.05, 3.63) is 28.4 Å². The van der Waals surface area contributed by atoms with Crippen molar-refractivity contribution in [2.24, 2.45) is 0 Å². The highest BCUT2D eigenvalue weighted by molar-refractivity contribution is 7.19. The molecule has 0 N–H and O–H groups in total. The van der Waals surface area contributed by atoms with Crippen LogP contribution >= 0.6 is 11.3 Å². The maximum atomic E-state index is 4.94. The first-order valence-corrected chi connectivity index (χ1v) is 11.5. The number of hydrogen-bond donors (Lipinski definition) is 0. The van der Waals surface area contributed by atoms with Gasteiger partial charge in [-0.15, -0.1) is 21.5 Å². The van der Waals surface area contributed by atoms with Crippen LogP contribution in [0.5, 0.6) is 0 Å². The van der Waals surface area contributed by atoms with Gasteiger partial charge in [0.15, 0.2) is 0 Å². The molecule has 3 aliphatic rings. The highest BCUT2D eigenvalue weighted by atomic mass is 32.1. The Labute approximate surface area is 169 Å². The first-order chi connectivity index (χ1) is 13.8. The lowest BCUT2D eigenvalue weighted by Gasteiger charge is -2.33. The summed E-state index contributed by atoms with van der Waals surface area (Å²) < 4.78 is 2.34. The number of anilines is 1. The van der Waals surface area contributed by atoms with Crippen LogP contribution in [0.4, 0.5) is 5.82 Å². The van der Waals surface area contributed by atoms with Crippen LogP contribution in [0.25, 0.3) is 10.2 Å². The minimum absolute atomic E-state index is 0.522. The van der Waals surface area contributed by atoms with Gasteiger partial charge < -0.3 is 9.47 Å². The van der Waals surface area contributed by atoms with Crippen LogP contribution in [0.2, 0.25) is 0 Å². The van der Waals surface area contributed by atoms with Crippen molar-refractivity contribution in [3.63, 3.8) is 0 Å². The Bertz CT molecular complexity index is 1030. The van der Waals surface area contributed by atoms with Gasteiger partial charge >= 0.3 is 0 Å². The van der Waals surface area contributed by atoms with E-state index < -0.39 is 0 Å². The van der Waals surface area contributed by atoms with Crippen LogP contribution in [0, 0.1) is 6.92 Å². The molecule has 0 atom stereocenters. The zero-order chi connectivity index (χ0) is 18.7. The van der Waals surface area contributed by atoms with E-state index >= 15 is 0 Å². The molecule has 2 aliphatic carbocycles. The monoisotopic (exact) mass is 394 g/mol. The third kappa shape index (κ3) is 2.74. The lowest BCUT2D eigenvalue weighted by Crippen LogP contribution is -2.34. The number of thiophene rings is 1. The number of rotatable bonds is 3. The number of fused-ring (bicyclic) bond motifs is 3. The maximum Gasteiger partial charge on any atom is 0.141 e. The van der Waals surface area contributed by atoms with Gasteiger partial charge in [0.05, 0.1) is 5.39 Å². The SMILES string of the molecule is Cc1nc(N2CCC(c3nncn3C3CC3)CC2)c2c3c(sc2n1)CCCC3. The van der Waals surface area contributed by atoms with E-state index in [1.807, 2.05) is 24.6 Å². The van der Waals surface area contributed by atoms with E-state index in [0.717, 1.165) is 31.8 Å². The molecule has 0 amide bonds. The van der Waals surface area contributed by atoms with Crippen LogP contribution < -0.4 is 4.90 Å². The van der Waals surface area contributed by atoms with Crippen molar-refractivity contribution in [1.29, 1.82) is 0 Å². The molecule has 7 heteroatoms. The number of hydrogen-bond acceptors (Lipinski definition) is 6. The molecule has 6 rings (SSSR count). The fourth-order valence-corrected chi connectivity index (χ4v) is 6.30. The van der Waals surface area contributed by atoms with Gasteiger partial charge in [0.25, 0.3) is 0 Å². The van der Waals surface area contributed by atoms with E-state index in [0.29, 0.717) is 12.0 Å². The van der Waals surface area contributed by atoms with Crippen LogP contribution in [0.1, 0.15) is 72.6 Å². The number of piperidine rings is 1. The van der Waals surface area contributed by atoms with Crippen LogP contribution in [0.3, 0.4) is 0 Å². The molecule has 3 aromatic heterocycles. The summed E-state index contributed by atoms with van der Waals surface area (Å²) in [6.45, 7) is 4.11. The van der Waals surface area contributed by atoms with Crippen molar-refractivity contribution in [2.75, 3.05) is 18.0 Å². The van der Waals surface area contributed by atoms with E-state index in [9.17, 15) is 0 Å². The average molecular weight is 395 g/mol. The van der Waals surface area contributed by atoms with Crippen LogP contribution in [-0.4, -0.2) is 37.8 Å². The van der Waals surface area contributed by atoms with E-state index in [4.69, 9.17) is 9.97 Å². The molecular weight excluding hydrogens is 368 g/mol. The van der Waals surface area contributed by atoms with Crippen molar-refractivity contribution in [2.45, 2.75) is 70.3 Å². The Kier molecular flexibility index (Phi) is 3.93. The summed E-state index contributed by atoms with van der Waals surface area (Å²) >= 11 is 1.90. The molecule has 6 nitrogen and oxygen atoms in total. The molecule has 28 heavy (non-hydrogen) atoms. The summed E-state index contributed by atoms with van der Waals surface area (Å²) in [5.41, 5.74) is 1.54. The van der Waals surface area contributed by atoms with Gasteiger partial charge in [-0.25, -0.2) is 9.97 Å². The summed E-state index contributed by atoms with van der Waals surface area (Å²) in [4.78, 5) is 15.0. The molecular formula is C21H26N6S. The number of aryl methyl sites for hydroxylation is 3. The highest BCUT2D eigenvalue weighted by Crippen LogP contribution is 2.42. The Morgan fingerprint density at radius 3 is 2.68 bits per heavy atom. The van der Waals surface area contributed by atoms with Gasteiger partial charge in [-0.05, 0) is 63.9 Å². The Hall–Kier alpha value is -2.02. The second-order valence-electron chi connectivity index (χ2n) is 8.57. The van der Waals surface area contributed by atoms with Gasteiger partial charge in [-0.2, -0.15) is 0 Å². The maximum absolute atomic E-state index is 4.94. The van der Waals surface area contributed by atoms with Crippen molar-refractivity contribution < 1.29 is 0 Å². The van der Waals surface area contributed by atoms with Gasteiger partial charge in [0.2, 0.25) is 0 Å². The number of aromatic nitrogens is 5. The topological polar surface area (TPSA) is 59.7 Å². The van der Waals surface area contributed by atoms with Crippen LogP contribution in [0.15, 0.2) is 6.33 Å². The minimum atomic E-state index is 0.522. The molecule has 0 spiro atoms. The number of nitrogens with zero attached hydrogens (tertiary/aromatic N) is 6. The second kappa shape index (κ2) is 6.51. The van der Waals surface area contributed by atoms with E-state index in [2.05, 4.69) is 19.7 Å². The molecule has 0 aromatic carbocycles. The van der Waals surface area contributed by atoms with E-state index in [1.54, 1.807) is 4.88 Å². The predicted molar refractivity (Wildman–Crippen MR) is 111 cm³/mol. The minimum Gasteiger partial charge on any atom is -0.356 e. The fourth-order valence-electron chi connectivity index (χ4n) is 5.00. The van der Waals surface area contributed by atoms with Crippen molar-refractivity contribution in [1.82, 2.24) is 24.7 Å². The Morgan fingerprint density at radius 2 is 1.86 bits per heavy atom. The molecule has 4 heterocycles. The summed E-state index contributed by atoms with van der Waals surface area (Å²) in [7, 11) is 0. The first kappa shape index (κ1) is 16.9. The molecule has 146 valence electrons. The summed E-state index contributed by atoms with van der Waals surface area (Å²) in [5.74, 6) is 3.81. The van der Waals surface area contributed by atoms with Gasteiger partial charge in [-0.1, -0.05) is 0 Å². The standard InChI is InChI=1S/C21H26N6S/c1-13-23-20(18-16-4-2-3-5-17(16)28-21(18)24-13)26-10-8-14(9-11-26)19-25-22-12-27(19)15-6-7-15/h12,14-15H,2-11H2,1H3. The van der Waals surface area contributed by atoms with E-state index in [-0.39, 0.29) is 0 Å². The second-order valence-corrected chi connectivity index (χ2v) is 9.66. The molecule has 1 saturated carbocycles. The van der Waals surface area contributed by atoms with Gasteiger partial charge in [-0.3, -0.25) is 0 Å². The van der Waals surface area contributed by atoms with Crippen molar-refractivity contribution in [3.8, 4) is 0 Å². The smallest absolute Gasteiger partial charge is 0.141 e. The summed E-state index contributed by atoms with van der Waals surface area (Å²) in [5, 5.41) is 10.0. The zero-order valence-electron chi connectivity index (χ0n) is 16.4. The van der Waals surface area contributed by atoms with E-state index in [1.165, 1.54) is 65.9 Å². The third-order valence-electron chi connectivity index (χ3n) is 6.61. The highest BCUT2D eigenvalue weighted by Gasteiger charge is 2.32. The molecule has 0 unspecified atom stereocenters. The molecule has 2 fully saturated rings. The van der Waals surface area contributed by atoms with Crippen LogP contribution in [-0.2, 0) is 12.8 Å². The molecule has 0 bridgehead atoms. The summed E-state index contributed by atoms with van der Waals surface area (Å²) in [6, 6.07) is 0.657. The Morgan fingerprint density at radius 1 is 1.04 bits per heavy atom. The average Bonchev–Trinajstić information content (AvgIpc) is 3.32. The largest absolute Gasteiger partial charge is 0.356 e. The predicted octanol–water partition coefficient (Wildman–Crippen LogP) is 4.19. The molecule has 3 aromatic rings. The third-order valence-corrected chi connectivity index (χ3v) is 7.79. The lowest BCUT2D eigenvalue weighted by molar-refractivity contribution is 0.463. The molecule has 1 aliphatic heterocycles. The molecule has 1 saturated heterocycles. The Balaban J connectivity index is 1.30.